The highest BCUT2D eigenvalue weighted by atomic mass is 32.2. The smallest absolute Gasteiger partial charge is 0.325 e. The van der Waals surface area contributed by atoms with Gasteiger partial charge in [-0.1, -0.05) is 17.4 Å². The van der Waals surface area contributed by atoms with Gasteiger partial charge in [-0.05, 0) is 49.6 Å². The van der Waals surface area contributed by atoms with Crippen LogP contribution in [0, 0.1) is 0 Å². The topological polar surface area (TPSA) is 63.2 Å². The second-order valence-corrected chi connectivity index (χ2v) is 6.74. The van der Waals surface area contributed by atoms with E-state index in [0.717, 1.165) is 20.9 Å². The van der Waals surface area contributed by atoms with Crippen LogP contribution >= 0.6 is 23.1 Å². The van der Waals surface area contributed by atoms with Crippen molar-refractivity contribution in [3.63, 3.8) is 0 Å². The third kappa shape index (κ3) is 3.80. The number of fused-ring (bicyclic) bond motifs is 1. The van der Waals surface area contributed by atoms with E-state index < -0.39 is 0 Å². The van der Waals surface area contributed by atoms with Crippen molar-refractivity contribution in [1.82, 2.24) is 4.98 Å². The summed E-state index contributed by atoms with van der Waals surface area (Å²) < 4.78 is 6.43. The molecule has 2 amide bonds. The van der Waals surface area contributed by atoms with Crippen LogP contribution in [0.25, 0.3) is 10.2 Å². The lowest BCUT2D eigenvalue weighted by Crippen LogP contribution is -2.19. The van der Waals surface area contributed by atoms with Crippen LogP contribution in [-0.2, 0) is 0 Å². The van der Waals surface area contributed by atoms with E-state index in [1.165, 1.54) is 11.3 Å². The number of anilines is 2. The number of aromatic nitrogens is 1. The van der Waals surface area contributed by atoms with E-state index in [1.807, 2.05) is 43.5 Å². The molecular formula is C17H17N3O2S2. The molecule has 3 aromatic rings. The molecule has 0 spiro atoms. The number of para-hydroxylation sites is 1. The van der Waals surface area contributed by atoms with Crippen LogP contribution in [0.1, 0.15) is 6.92 Å². The molecule has 7 heteroatoms. The lowest BCUT2D eigenvalue weighted by Gasteiger charge is -2.07. The molecule has 0 fully saturated rings. The number of thiazole rings is 1. The van der Waals surface area contributed by atoms with Gasteiger partial charge in [-0.2, -0.15) is 0 Å². The number of benzene rings is 2. The molecule has 0 atom stereocenters. The first-order valence-corrected chi connectivity index (χ1v) is 9.48. The minimum Gasteiger partial charge on any atom is -0.494 e. The molecule has 2 aromatic carbocycles. The van der Waals surface area contributed by atoms with Crippen molar-refractivity contribution < 1.29 is 9.53 Å². The molecule has 5 nitrogen and oxygen atoms in total. The van der Waals surface area contributed by atoms with Crippen LogP contribution < -0.4 is 15.4 Å². The molecular weight excluding hydrogens is 342 g/mol. The predicted octanol–water partition coefficient (Wildman–Crippen LogP) is 5.06. The molecule has 1 aromatic heterocycles. The summed E-state index contributed by atoms with van der Waals surface area (Å²) in [5.41, 5.74) is 1.62. The summed E-state index contributed by atoms with van der Waals surface area (Å²) in [5.74, 6) is 0.777. The van der Waals surface area contributed by atoms with Crippen LogP contribution in [0.4, 0.5) is 15.6 Å². The number of hydrogen-bond donors (Lipinski definition) is 2. The number of urea groups is 1. The van der Waals surface area contributed by atoms with Gasteiger partial charge in [-0.3, -0.25) is 5.32 Å². The lowest BCUT2D eigenvalue weighted by atomic mass is 10.3. The van der Waals surface area contributed by atoms with Gasteiger partial charge in [0.2, 0.25) is 0 Å². The molecule has 24 heavy (non-hydrogen) atoms. The molecule has 0 saturated heterocycles. The molecule has 2 N–H and O–H groups in total. The number of ether oxygens (including phenoxy) is 1. The van der Waals surface area contributed by atoms with Gasteiger partial charge in [0.05, 0.1) is 16.8 Å². The maximum absolute atomic E-state index is 12.1. The molecule has 1 heterocycles. The normalized spacial score (nSPS) is 10.6. The average molecular weight is 359 g/mol. The Kier molecular flexibility index (Phi) is 5.22. The molecule has 0 unspecified atom stereocenters. The number of nitrogens with zero attached hydrogens (tertiary/aromatic N) is 1. The summed E-state index contributed by atoms with van der Waals surface area (Å²) in [6, 6.07) is 12.9. The van der Waals surface area contributed by atoms with Gasteiger partial charge in [0.1, 0.15) is 5.75 Å². The lowest BCUT2D eigenvalue weighted by molar-refractivity contribution is 0.262. The predicted molar refractivity (Wildman–Crippen MR) is 102 cm³/mol. The number of carbonyl (C=O) groups is 1. The van der Waals surface area contributed by atoms with Crippen molar-refractivity contribution >= 4 is 50.2 Å². The second-order valence-electron chi connectivity index (χ2n) is 4.86. The molecule has 0 aliphatic carbocycles. The summed E-state index contributed by atoms with van der Waals surface area (Å²) in [6.45, 7) is 2.54. The standard InChI is InChI=1S/C17H17N3O2S2/c1-3-22-12-9-7-11(8-10-12)18-16(21)20-17-19-15-13(23-2)5-4-6-14(15)24-17/h4-10H,3H2,1-2H3,(H2,18,19,20,21). The van der Waals surface area contributed by atoms with Crippen molar-refractivity contribution in [3.05, 3.63) is 42.5 Å². The van der Waals surface area contributed by atoms with Crippen LogP contribution in [0.5, 0.6) is 5.75 Å². The SMILES string of the molecule is CCOc1ccc(NC(=O)Nc2nc3c(SC)cccc3s2)cc1. The molecule has 0 aliphatic rings. The van der Waals surface area contributed by atoms with Crippen molar-refractivity contribution in [2.24, 2.45) is 0 Å². The average Bonchev–Trinajstić information content (AvgIpc) is 2.99. The van der Waals surface area contributed by atoms with E-state index in [2.05, 4.69) is 15.6 Å². The summed E-state index contributed by atoms with van der Waals surface area (Å²) >= 11 is 3.10. The highest BCUT2D eigenvalue weighted by Crippen LogP contribution is 2.32. The quantitative estimate of drug-likeness (QED) is 0.625. The highest BCUT2D eigenvalue weighted by Gasteiger charge is 2.10. The number of carbonyl (C=O) groups excluding carboxylic acids is 1. The van der Waals surface area contributed by atoms with Crippen molar-refractivity contribution in [2.75, 3.05) is 23.5 Å². The number of amides is 2. The fourth-order valence-electron chi connectivity index (χ4n) is 2.20. The molecule has 0 aliphatic heterocycles. The summed E-state index contributed by atoms with van der Waals surface area (Å²) in [7, 11) is 0. The Morgan fingerprint density at radius 1 is 1.21 bits per heavy atom. The molecule has 0 radical (unpaired) electrons. The van der Waals surface area contributed by atoms with Crippen LogP contribution in [-0.4, -0.2) is 23.9 Å². The van der Waals surface area contributed by atoms with Crippen LogP contribution in [0.3, 0.4) is 0 Å². The zero-order valence-corrected chi connectivity index (χ0v) is 15.0. The van der Waals surface area contributed by atoms with Gasteiger partial charge in [0.15, 0.2) is 5.13 Å². The van der Waals surface area contributed by atoms with Gasteiger partial charge in [-0.15, -0.1) is 11.8 Å². The highest BCUT2D eigenvalue weighted by molar-refractivity contribution is 7.98. The summed E-state index contributed by atoms with van der Waals surface area (Å²) in [4.78, 5) is 17.7. The van der Waals surface area contributed by atoms with E-state index >= 15 is 0 Å². The Balaban J connectivity index is 1.68. The number of hydrogen-bond acceptors (Lipinski definition) is 5. The Morgan fingerprint density at radius 2 is 2.00 bits per heavy atom. The van der Waals surface area contributed by atoms with Gasteiger partial charge in [0, 0.05) is 10.6 Å². The third-order valence-electron chi connectivity index (χ3n) is 3.25. The monoisotopic (exact) mass is 359 g/mol. The first kappa shape index (κ1) is 16.6. The van der Waals surface area contributed by atoms with Gasteiger partial charge in [-0.25, -0.2) is 9.78 Å². The van der Waals surface area contributed by atoms with Gasteiger partial charge in [0.25, 0.3) is 0 Å². The minimum absolute atomic E-state index is 0.316. The maximum Gasteiger partial charge on any atom is 0.325 e. The molecule has 0 saturated carbocycles. The number of thioether (sulfide) groups is 1. The van der Waals surface area contributed by atoms with E-state index in [1.54, 1.807) is 23.9 Å². The molecule has 3 rings (SSSR count). The molecule has 0 bridgehead atoms. The second kappa shape index (κ2) is 7.55. The van der Waals surface area contributed by atoms with E-state index in [4.69, 9.17) is 4.74 Å². The Hall–Kier alpha value is -2.25. The Bertz CT molecular complexity index is 847. The first-order chi connectivity index (χ1) is 11.7. The van der Waals surface area contributed by atoms with Crippen molar-refractivity contribution in [1.29, 1.82) is 0 Å². The Labute approximate surface area is 148 Å². The fourth-order valence-corrected chi connectivity index (χ4v) is 3.72. The number of nitrogens with one attached hydrogen (secondary N) is 2. The maximum atomic E-state index is 12.1. The Morgan fingerprint density at radius 3 is 2.71 bits per heavy atom. The van der Waals surface area contributed by atoms with Crippen LogP contribution in [0.15, 0.2) is 47.4 Å². The third-order valence-corrected chi connectivity index (χ3v) is 4.95. The van der Waals surface area contributed by atoms with Crippen molar-refractivity contribution in [3.8, 4) is 5.75 Å². The first-order valence-electron chi connectivity index (χ1n) is 7.44. The van der Waals surface area contributed by atoms with E-state index in [0.29, 0.717) is 17.4 Å². The van der Waals surface area contributed by atoms with E-state index in [9.17, 15) is 4.79 Å². The summed E-state index contributed by atoms with van der Waals surface area (Å²) in [5, 5.41) is 6.15. The number of rotatable bonds is 5. The van der Waals surface area contributed by atoms with Gasteiger partial charge < -0.3 is 10.1 Å². The fraction of sp³-hybridized carbons (Fsp3) is 0.176. The van der Waals surface area contributed by atoms with Crippen molar-refractivity contribution in [2.45, 2.75) is 11.8 Å². The zero-order chi connectivity index (χ0) is 16.9. The van der Waals surface area contributed by atoms with E-state index in [-0.39, 0.29) is 6.03 Å². The summed E-state index contributed by atoms with van der Waals surface area (Å²) in [6.07, 6.45) is 2.01. The van der Waals surface area contributed by atoms with Crippen LogP contribution in [0.2, 0.25) is 0 Å². The minimum atomic E-state index is -0.316. The molecule has 124 valence electrons. The van der Waals surface area contributed by atoms with Gasteiger partial charge >= 0.3 is 6.03 Å². The zero-order valence-electron chi connectivity index (χ0n) is 13.3. The largest absolute Gasteiger partial charge is 0.494 e.